The lowest BCUT2D eigenvalue weighted by atomic mass is 9.87. The molecule has 5 rings (SSSR count). The van der Waals surface area contributed by atoms with E-state index in [0.717, 1.165) is 60.4 Å². The summed E-state index contributed by atoms with van der Waals surface area (Å²) < 4.78 is 7.51. The van der Waals surface area contributed by atoms with Gasteiger partial charge in [0.2, 0.25) is 0 Å². The number of carbonyl (C=O) groups is 2. The molecule has 7 nitrogen and oxygen atoms in total. The number of benzene rings is 3. The average molecular weight is 567 g/mol. The summed E-state index contributed by atoms with van der Waals surface area (Å²) in [6.45, 7) is 15.8. The number of aromatic nitrogens is 1. The van der Waals surface area contributed by atoms with Crippen LogP contribution >= 0.6 is 0 Å². The van der Waals surface area contributed by atoms with Crippen LogP contribution in [0.25, 0.3) is 10.9 Å². The standard InChI is InChI=1S/C35H42N4O3/c1-24-6-9-27(20-25(24)2)33(40)37-30-12-13-31-28(21-30)22-32(34(41)36-14-15-38-16-18-42-19-17-38)39(31)23-26-7-10-29(11-8-26)35(3,4)5/h6-13,20-22H,14-19,23H2,1-5H3,(H,36,41)(H,37,40). The number of anilines is 1. The Bertz CT molecular complexity index is 1570. The number of morpholine rings is 1. The first kappa shape index (κ1) is 29.5. The number of aryl methyl sites for hydroxylation is 2. The minimum absolute atomic E-state index is 0.0717. The lowest BCUT2D eigenvalue weighted by Crippen LogP contribution is -2.41. The predicted molar refractivity (Wildman–Crippen MR) is 170 cm³/mol. The van der Waals surface area contributed by atoms with Gasteiger partial charge in [0, 0.05) is 54.9 Å². The van der Waals surface area contributed by atoms with Crippen molar-refractivity contribution in [2.45, 2.75) is 46.6 Å². The van der Waals surface area contributed by atoms with Crippen LogP contribution in [0.1, 0.15) is 63.9 Å². The van der Waals surface area contributed by atoms with E-state index in [1.807, 2.05) is 56.3 Å². The van der Waals surface area contributed by atoms with E-state index >= 15 is 0 Å². The Morgan fingerprint density at radius 1 is 0.857 bits per heavy atom. The van der Waals surface area contributed by atoms with Gasteiger partial charge in [-0.2, -0.15) is 0 Å². The van der Waals surface area contributed by atoms with Gasteiger partial charge in [-0.05, 0) is 77.9 Å². The molecule has 2 amide bonds. The van der Waals surface area contributed by atoms with Crippen LogP contribution in [0.4, 0.5) is 5.69 Å². The minimum atomic E-state index is -0.156. The predicted octanol–water partition coefficient (Wildman–Crippen LogP) is 5.92. The molecule has 7 heteroatoms. The quantitative estimate of drug-likeness (QED) is 0.278. The summed E-state index contributed by atoms with van der Waals surface area (Å²) in [5, 5.41) is 7.06. The molecule has 1 aliphatic heterocycles. The number of fused-ring (bicyclic) bond motifs is 1. The number of hydrogen-bond acceptors (Lipinski definition) is 4. The molecule has 220 valence electrons. The van der Waals surface area contributed by atoms with E-state index in [0.29, 0.717) is 30.0 Å². The molecule has 2 heterocycles. The van der Waals surface area contributed by atoms with Crippen LogP contribution in [-0.2, 0) is 16.7 Å². The Kier molecular flexibility index (Phi) is 8.80. The molecule has 1 fully saturated rings. The van der Waals surface area contributed by atoms with Gasteiger partial charge in [-0.3, -0.25) is 14.5 Å². The number of nitrogens with zero attached hydrogens (tertiary/aromatic N) is 2. The second kappa shape index (κ2) is 12.5. The maximum atomic E-state index is 13.5. The monoisotopic (exact) mass is 566 g/mol. The summed E-state index contributed by atoms with van der Waals surface area (Å²) >= 11 is 0. The zero-order valence-corrected chi connectivity index (χ0v) is 25.4. The minimum Gasteiger partial charge on any atom is -0.379 e. The van der Waals surface area contributed by atoms with Crippen molar-refractivity contribution < 1.29 is 14.3 Å². The van der Waals surface area contributed by atoms with E-state index in [-0.39, 0.29) is 17.2 Å². The average Bonchev–Trinajstić information content (AvgIpc) is 3.32. The normalized spacial score (nSPS) is 14.2. The van der Waals surface area contributed by atoms with Gasteiger partial charge in [0.1, 0.15) is 5.69 Å². The van der Waals surface area contributed by atoms with E-state index in [1.165, 1.54) is 5.56 Å². The third-order valence-electron chi connectivity index (χ3n) is 8.14. The number of ether oxygens (including phenoxy) is 1. The Balaban J connectivity index is 1.40. The van der Waals surface area contributed by atoms with E-state index in [4.69, 9.17) is 4.74 Å². The first-order valence-corrected chi connectivity index (χ1v) is 14.8. The van der Waals surface area contributed by atoms with Gasteiger partial charge in [-0.1, -0.05) is 51.1 Å². The van der Waals surface area contributed by atoms with Gasteiger partial charge in [0.15, 0.2) is 0 Å². The maximum absolute atomic E-state index is 13.5. The van der Waals surface area contributed by atoms with Gasteiger partial charge >= 0.3 is 0 Å². The fourth-order valence-corrected chi connectivity index (χ4v) is 5.33. The summed E-state index contributed by atoms with van der Waals surface area (Å²) in [6.07, 6.45) is 0. The zero-order chi connectivity index (χ0) is 29.9. The highest BCUT2D eigenvalue weighted by Gasteiger charge is 2.19. The number of carbonyl (C=O) groups excluding carboxylic acids is 2. The van der Waals surface area contributed by atoms with Crippen LogP contribution in [0.5, 0.6) is 0 Å². The van der Waals surface area contributed by atoms with E-state index in [2.05, 4.69) is 65.1 Å². The zero-order valence-electron chi connectivity index (χ0n) is 25.4. The van der Waals surface area contributed by atoms with Crippen LogP contribution in [0.3, 0.4) is 0 Å². The van der Waals surface area contributed by atoms with Crippen LogP contribution in [0.2, 0.25) is 0 Å². The van der Waals surface area contributed by atoms with Crippen LogP contribution in [-0.4, -0.2) is 60.7 Å². The summed E-state index contributed by atoms with van der Waals surface area (Å²) in [6, 6.07) is 22.1. The molecule has 0 unspecified atom stereocenters. The van der Waals surface area contributed by atoms with Gasteiger partial charge in [0.25, 0.3) is 11.8 Å². The van der Waals surface area contributed by atoms with Gasteiger partial charge in [0.05, 0.1) is 13.2 Å². The molecule has 1 aliphatic rings. The Morgan fingerprint density at radius 3 is 2.29 bits per heavy atom. The molecule has 0 aliphatic carbocycles. The second-order valence-corrected chi connectivity index (χ2v) is 12.3. The topological polar surface area (TPSA) is 75.6 Å². The molecule has 0 spiro atoms. The highest BCUT2D eigenvalue weighted by Crippen LogP contribution is 2.27. The van der Waals surface area contributed by atoms with Crippen molar-refractivity contribution in [1.82, 2.24) is 14.8 Å². The fraction of sp³-hybridized carbons (Fsp3) is 0.371. The van der Waals surface area contributed by atoms with Crippen molar-refractivity contribution in [2.75, 3.05) is 44.7 Å². The van der Waals surface area contributed by atoms with Gasteiger partial charge in [-0.25, -0.2) is 0 Å². The second-order valence-electron chi connectivity index (χ2n) is 12.3. The van der Waals surface area contributed by atoms with Crippen LogP contribution in [0.15, 0.2) is 66.7 Å². The highest BCUT2D eigenvalue weighted by molar-refractivity contribution is 6.06. The molecule has 4 aromatic rings. The van der Waals surface area contributed by atoms with Gasteiger partial charge < -0.3 is 19.9 Å². The molecule has 42 heavy (non-hydrogen) atoms. The Hall–Kier alpha value is -3.94. The number of rotatable bonds is 8. The summed E-state index contributed by atoms with van der Waals surface area (Å²) in [7, 11) is 0. The molecule has 0 bridgehead atoms. The highest BCUT2D eigenvalue weighted by atomic mass is 16.5. The summed E-state index contributed by atoms with van der Waals surface area (Å²) in [5.41, 5.74) is 7.55. The third-order valence-corrected chi connectivity index (χ3v) is 8.14. The Morgan fingerprint density at radius 2 is 1.60 bits per heavy atom. The van der Waals surface area contributed by atoms with E-state index in [9.17, 15) is 9.59 Å². The third kappa shape index (κ3) is 6.92. The molecular formula is C35H42N4O3. The SMILES string of the molecule is Cc1ccc(C(=O)Nc2ccc3c(c2)cc(C(=O)NCCN2CCOCC2)n3Cc2ccc(C(C)(C)C)cc2)cc1C. The van der Waals surface area contributed by atoms with Crippen LogP contribution < -0.4 is 10.6 Å². The fourth-order valence-electron chi connectivity index (χ4n) is 5.33. The smallest absolute Gasteiger partial charge is 0.267 e. The molecule has 0 radical (unpaired) electrons. The molecular weight excluding hydrogens is 524 g/mol. The van der Waals surface area contributed by atoms with Crippen molar-refractivity contribution in [1.29, 1.82) is 0 Å². The maximum Gasteiger partial charge on any atom is 0.267 e. The van der Waals surface area contributed by atoms with Crippen molar-refractivity contribution >= 4 is 28.4 Å². The first-order valence-electron chi connectivity index (χ1n) is 14.8. The van der Waals surface area contributed by atoms with Crippen molar-refractivity contribution in [3.05, 3.63) is 100 Å². The molecule has 0 atom stereocenters. The molecule has 1 aromatic heterocycles. The number of amides is 2. The number of hydrogen-bond donors (Lipinski definition) is 2. The van der Waals surface area contributed by atoms with Gasteiger partial charge in [-0.15, -0.1) is 0 Å². The number of nitrogens with one attached hydrogen (secondary N) is 2. The molecule has 2 N–H and O–H groups in total. The first-order chi connectivity index (χ1) is 20.1. The molecule has 3 aromatic carbocycles. The van der Waals surface area contributed by atoms with Crippen molar-refractivity contribution in [3.63, 3.8) is 0 Å². The molecule has 0 saturated carbocycles. The van der Waals surface area contributed by atoms with E-state index < -0.39 is 0 Å². The lowest BCUT2D eigenvalue weighted by Gasteiger charge is -2.26. The van der Waals surface area contributed by atoms with Crippen molar-refractivity contribution in [3.8, 4) is 0 Å². The Labute approximate surface area is 248 Å². The lowest BCUT2D eigenvalue weighted by molar-refractivity contribution is 0.0383. The van der Waals surface area contributed by atoms with Crippen molar-refractivity contribution in [2.24, 2.45) is 0 Å². The molecule has 1 saturated heterocycles. The van der Waals surface area contributed by atoms with Crippen LogP contribution in [0, 0.1) is 13.8 Å². The largest absolute Gasteiger partial charge is 0.379 e. The summed E-state index contributed by atoms with van der Waals surface area (Å²) in [4.78, 5) is 28.8. The summed E-state index contributed by atoms with van der Waals surface area (Å²) in [5.74, 6) is -0.261. The van der Waals surface area contributed by atoms with E-state index in [1.54, 1.807) is 0 Å².